The number of rotatable bonds is 8. The normalized spacial score (nSPS) is 31.2. The SMILES string of the molecule is C[C@@]1(O)C(F)[C@@H](COP(=O)(O)OP(=O)(O)OP(=O)(O)O)O[C@H]1n1ccc(=O)[nH]c1=S. The van der Waals surface area contributed by atoms with Gasteiger partial charge in [-0.05, 0) is 19.1 Å². The van der Waals surface area contributed by atoms with E-state index < -0.39 is 59.7 Å². The lowest BCUT2D eigenvalue weighted by molar-refractivity contribution is -0.0920. The van der Waals surface area contributed by atoms with Crippen LogP contribution in [0.4, 0.5) is 4.39 Å². The van der Waals surface area contributed by atoms with Gasteiger partial charge < -0.3 is 29.4 Å². The Kier molecular flexibility index (Phi) is 7.44. The maximum absolute atomic E-state index is 14.6. The van der Waals surface area contributed by atoms with Crippen LogP contribution in [0.5, 0.6) is 0 Å². The number of phosphoric ester groups is 1. The number of hydrogen-bond donors (Lipinski definition) is 6. The fraction of sp³-hybridized carbons (Fsp3) is 0.600. The number of alkyl halides is 1. The van der Waals surface area contributed by atoms with E-state index in [0.717, 1.165) is 23.8 Å². The second kappa shape index (κ2) is 8.71. The monoisotopic (exact) mass is 516 g/mol. The number of aliphatic hydroxyl groups is 1. The Labute approximate surface area is 171 Å². The van der Waals surface area contributed by atoms with Crippen molar-refractivity contribution in [1.82, 2.24) is 9.55 Å². The van der Waals surface area contributed by atoms with Crippen molar-refractivity contribution >= 4 is 35.7 Å². The van der Waals surface area contributed by atoms with Gasteiger partial charge in [-0.3, -0.25) is 18.9 Å². The molecule has 20 heteroatoms. The van der Waals surface area contributed by atoms with E-state index in [9.17, 15) is 32.9 Å². The number of phosphoric acid groups is 3. The first-order valence-electron chi connectivity index (χ1n) is 7.55. The molecule has 3 unspecified atom stereocenters. The van der Waals surface area contributed by atoms with Crippen LogP contribution < -0.4 is 5.56 Å². The smallest absolute Gasteiger partial charge is 0.382 e. The molecule has 0 radical (unpaired) electrons. The summed E-state index contributed by atoms with van der Waals surface area (Å²) >= 11 is 4.90. The maximum Gasteiger partial charge on any atom is 0.490 e. The van der Waals surface area contributed by atoms with Gasteiger partial charge in [-0.1, -0.05) is 0 Å². The molecule has 0 bridgehead atoms. The predicted octanol–water partition coefficient (Wildman–Crippen LogP) is 0.236. The first-order chi connectivity index (χ1) is 13.4. The van der Waals surface area contributed by atoms with Crippen molar-refractivity contribution in [3.05, 3.63) is 27.4 Å². The van der Waals surface area contributed by atoms with E-state index in [1.165, 1.54) is 0 Å². The number of hydrogen-bond acceptors (Lipinski definition) is 10. The Balaban J connectivity index is 2.13. The van der Waals surface area contributed by atoms with E-state index in [1.54, 1.807) is 0 Å². The molecule has 1 fully saturated rings. The van der Waals surface area contributed by atoms with Crippen LogP contribution in [0, 0.1) is 4.77 Å². The highest BCUT2D eigenvalue weighted by molar-refractivity contribution is 7.71. The van der Waals surface area contributed by atoms with Gasteiger partial charge >= 0.3 is 23.5 Å². The van der Waals surface area contributed by atoms with E-state index in [-0.39, 0.29) is 4.77 Å². The Hall–Kier alpha value is -0.640. The molecule has 1 aromatic heterocycles. The molecule has 0 aromatic carbocycles. The van der Waals surface area contributed by atoms with Gasteiger partial charge in [-0.2, -0.15) is 8.62 Å². The summed E-state index contributed by atoms with van der Waals surface area (Å²) in [6, 6.07) is 1.02. The summed E-state index contributed by atoms with van der Waals surface area (Å²) in [6.07, 6.45) is -4.38. The summed E-state index contributed by atoms with van der Waals surface area (Å²) in [5.74, 6) is 0. The highest BCUT2D eigenvalue weighted by Gasteiger charge is 2.55. The molecule has 1 aliphatic heterocycles. The molecule has 2 heterocycles. The summed E-state index contributed by atoms with van der Waals surface area (Å²) in [4.78, 5) is 48.9. The number of nitrogens with one attached hydrogen (secondary N) is 1. The van der Waals surface area contributed by atoms with Gasteiger partial charge in [0.2, 0.25) is 0 Å². The summed E-state index contributed by atoms with van der Waals surface area (Å²) < 4.78 is 65.6. The predicted molar refractivity (Wildman–Crippen MR) is 95.1 cm³/mol. The molecular weight excluding hydrogens is 500 g/mol. The standard InChI is InChI=1S/C10H16FN2O13P3S/c1-10(15)7(11)5(24-8(10)13-3-2-6(14)12-9(13)30)4-23-28(19,20)26-29(21,22)25-27(16,17)18/h2-3,5,7-8,15H,4H2,1H3,(H,19,20)(H,21,22)(H,12,14,30)(H2,16,17,18)/t5-,7?,8-,10-/m1/s1. The minimum atomic E-state index is -5.75. The largest absolute Gasteiger partial charge is 0.490 e. The molecule has 0 saturated carbocycles. The molecule has 30 heavy (non-hydrogen) atoms. The van der Waals surface area contributed by atoms with Gasteiger partial charge in [0.25, 0.3) is 5.56 Å². The lowest BCUT2D eigenvalue weighted by Crippen LogP contribution is -2.42. The molecule has 1 aromatic rings. The van der Waals surface area contributed by atoms with Crippen LogP contribution in [0.3, 0.4) is 0 Å². The Morgan fingerprint density at radius 1 is 1.27 bits per heavy atom. The third-order valence-electron chi connectivity index (χ3n) is 3.61. The summed E-state index contributed by atoms with van der Waals surface area (Å²) in [6.45, 7) is -0.103. The average molecular weight is 516 g/mol. The molecule has 1 saturated heterocycles. The van der Waals surface area contributed by atoms with E-state index in [0.29, 0.717) is 0 Å². The first-order valence-corrected chi connectivity index (χ1v) is 12.5. The second-order valence-electron chi connectivity index (χ2n) is 6.06. The maximum atomic E-state index is 14.6. The van der Waals surface area contributed by atoms with Crippen molar-refractivity contribution in [1.29, 1.82) is 0 Å². The van der Waals surface area contributed by atoms with Gasteiger partial charge in [0.05, 0.1) is 6.61 Å². The topological polar surface area (TPSA) is 227 Å². The Morgan fingerprint density at radius 2 is 1.87 bits per heavy atom. The fourth-order valence-corrected chi connectivity index (χ4v) is 5.73. The van der Waals surface area contributed by atoms with Crippen LogP contribution in [-0.2, 0) is 31.6 Å². The molecular formula is C10H16FN2O13P3S. The average Bonchev–Trinajstić information content (AvgIpc) is 2.73. The number of nitrogens with zero attached hydrogens (tertiary/aromatic N) is 1. The Bertz CT molecular complexity index is 1050. The number of ether oxygens (including phenoxy) is 1. The Morgan fingerprint density at radius 3 is 2.40 bits per heavy atom. The number of halogens is 1. The quantitative estimate of drug-likeness (QED) is 0.201. The van der Waals surface area contributed by atoms with Crippen molar-refractivity contribution in [2.24, 2.45) is 0 Å². The number of H-pyrrole nitrogens is 1. The van der Waals surface area contributed by atoms with Gasteiger partial charge in [-0.25, -0.2) is 18.1 Å². The van der Waals surface area contributed by atoms with Crippen LogP contribution in [0.2, 0.25) is 0 Å². The van der Waals surface area contributed by atoms with E-state index >= 15 is 0 Å². The second-order valence-corrected chi connectivity index (χ2v) is 10.9. The zero-order valence-corrected chi connectivity index (χ0v) is 18.2. The molecule has 0 spiro atoms. The first kappa shape index (κ1) is 25.6. The van der Waals surface area contributed by atoms with Crippen molar-refractivity contribution < 1.29 is 60.6 Å². The lowest BCUT2D eigenvalue weighted by Gasteiger charge is -2.26. The molecule has 1 aliphatic rings. The van der Waals surface area contributed by atoms with Gasteiger partial charge in [0.15, 0.2) is 17.2 Å². The van der Waals surface area contributed by atoms with Crippen LogP contribution in [0.15, 0.2) is 17.1 Å². The highest BCUT2D eigenvalue weighted by atomic mass is 32.1. The fourth-order valence-electron chi connectivity index (χ4n) is 2.44. The highest BCUT2D eigenvalue weighted by Crippen LogP contribution is 2.66. The van der Waals surface area contributed by atoms with Crippen molar-refractivity contribution in [3.8, 4) is 0 Å². The van der Waals surface area contributed by atoms with Crippen molar-refractivity contribution in [2.75, 3.05) is 6.61 Å². The van der Waals surface area contributed by atoms with E-state index in [4.69, 9.17) is 31.6 Å². The molecule has 2 rings (SSSR count). The lowest BCUT2D eigenvalue weighted by atomic mass is 9.98. The molecule has 6 atom stereocenters. The zero-order chi connectivity index (χ0) is 23.1. The minimum absolute atomic E-state index is 0.228. The van der Waals surface area contributed by atoms with Gasteiger partial charge in [0, 0.05) is 12.3 Å². The number of aromatic amines is 1. The van der Waals surface area contributed by atoms with E-state index in [1.807, 2.05) is 0 Å². The van der Waals surface area contributed by atoms with Gasteiger partial charge in [-0.15, -0.1) is 0 Å². The molecule has 15 nitrogen and oxygen atoms in total. The van der Waals surface area contributed by atoms with Gasteiger partial charge in [0.1, 0.15) is 11.7 Å². The molecule has 0 amide bonds. The number of aromatic nitrogens is 2. The van der Waals surface area contributed by atoms with Crippen molar-refractivity contribution in [2.45, 2.75) is 31.0 Å². The molecule has 0 aliphatic carbocycles. The molecule has 172 valence electrons. The summed E-state index contributed by atoms with van der Waals surface area (Å²) in [5.41, 5.74) is -2.84. The third kappa shape index (κ3) is 6.43. The van der Waals surface area contributed by atoms with Crippen LogP contribution in [0.1, 0.15) is 13.2 Å². The van der Waals surface area contributed by atoms with Crippen LogP contribution >= 0.6 is 35.7 Å². The summed E-state index contributed by atoms with van der Waals surface area (Å²) in [7, 11) is -16.8. The zero-order valence-electron chi connectivity index (χ0n) is 14.7. The minimum Gasteiger partial charge on any atom is -0.382 e. The van der Waals surface area contributed by atoms with Crippen molar-refractivity contribution in [3.63, 3.8) is 0 Å². The summed E-state index contributed by atoms with van der Waals surface area (Å²) in [5, 5.41) is 10.4. The van der Waals surface area contributed by atoms with Crippen LogP contribution in [0.25, 0.3) is 0 Å². The molecule has 6 N–H and O–H groups in total. The van der Waals surface area contributed by atoms with Crippen LogP contribution in [-0.4, -0.2) is 58.7 Å². The third-order valence-corrected chi connectivity index (χ3v) is 7.73. The van der Waals surface area contributed by atoms with E-state index in [2.05, 4.69) is 18.1 Å².